The van der Waals surface area contributed by atoms with Gasteiger partial charge in [-0.05, 0) is 53.2 Å². The lowest BCUT2D eigenvalue weighted by Crippen LogP contribution is -2.16. The van der Waals surface area contributed by atoms with Crippen molar-refractivity contribution in [3.63, 3.8) is 0 Å². The van der Waals surface area contributed by atoms with Crippen molar-refractivity contribution in [2.75, 3.05) is 0 Å². The van der Waals surface area contributed by atoms with Gasteiger partial charge < -0.3 is 9.13 Å². The lowest BCUT2D eigenvalue weighted by molar-refractivity contribution is -0.131. The SMILES string of the molecule is Brc1cc2c3ccccc3n(-c3ccccc3)c2c2ccccc12.O=C1CCC(=O)N1Br.c1ccc(-n2c3ccccc3c3ccc4ccccc4c32)cc1. The number of carbonyl (C=O) groups is 2. The first-order chi connectivity index (χ1) is 27.0. The summed E-state index contributed by atoms with van der Waals surface area (Å²) in [6.45, 7) is 0. The normalized spacial score (nSPS) is 12.8. The zero-order chi connectivity index (χ0) is 37.5. The Labute approximate surface area is 334 Å². The largest absolute Gasteiger partial charge is 0.309 e. The smallest absolute Gasteiger partial charge is 0.239 e. The molecule has 3 heterocycles. The number of rotatable bonds is 2. The van der Waals surface area contributed by atoms with Gasteiger partial charge in [0.15, 0.2) is 0 Å². The Morgan fingerprint density at radius 1 is 0.400 bits per heavy atom. The van der Waals surface area contributed by atoms with Gasteiger partial charge in [0, 0.05) is 61.0 Å². The topological polar surface area (TPSA) is 47.2 Å². The van der Waals surface area contributed by atoms with Crippen molar-refractivity contribution >= 4 is 109 Å². The number of amides is 2. The van der Waals surface area contributed by atoms with E-state index in [1.807, 2.05) is 0 Å². The molecule has 7 heteroatoms. The summed E-state index contributed by atoms with van der Waals surface area (Å²) in [6, 6.07) is 62.4. The van der Waals surface area contributed by atoms with Gasteiger partial charge in [0.25, 0.3) is 0 Å². The predicted molar refractivity (Wildman–Crippen MR) is 234 cm³/mol. The molecule has 0 radical (unpaired) electrons. The molecule has 0 N–H and O–H groups in total. The van der Waals surface area contributed by atoms with E-state index < -0.39 is 0 Å². The Kier molecular flexibility index (Phi) is 9.26. The van der Waals surface area contributed by atoms with E-state index in [1.54, 1.807) is 0 Å². The number of carbonyl (C=O) groups excluding carboxylic acids is 2. The molecule has 2 amide bonds. The van der Waals surface area contributed by atoms with Gasteiger partial charge in [0.05, 0.1) is 38.2 Å². The van der Waals surface area contributed by atoms with Crippen molar-refractivity contribution < 1.29 is 9.59 Å². The second-order valence-corrected chi connectivity index (χ2v) is 15.0. The number of nitrogens with zero attached hydrogens (tertiary/aromatic N) is 3. The fourth-order valence-electron chi connectivity index (χ4n) is 7.75. The molecule has 0 atom stereocenters. The highest BCUT2D eigenvalue weighted by atomic mass is 79.9. The number of imide groups is 1. The van der Waals surface area contributed by atoms with E-state index in [9.17, 15) is 9.59 Å². The third kappa shape index (κ3) is 6.19. The molecule has 1 fully saturated rings. The van der Waals surface area contributed by atoms with Gasteiger partial charge in [-0.2, -0.15) is 0 Å². The quantitative estimate of drug-likeness (QED) is 0.129. The minimum Gasteiger partial charge on any atom is -0.309 e. The van der Waals surface area contributed by atoms with Gasteiger partial charge in [-0.3, -0.25) is 9.59 Å². The highest BCUT2D eigenvalue weighted by molar-refractivity contribution is 9.10. The Morgan fingerprint density at radius 2 is 0.818 bits per heavy atom. The Morgan fingerprint density at radius 3 is 1.36 bits per heavy atom. The maximum atomic E-state index is 10.4. The van der Waals surface area contributed by atoms with Gasteiger partial charge in [0.2, 0.25) is 11.8 Å². The molecule has 2 aromatic heterocycles. The molecule has 266 valence electrons. The first-order valence-electron chi connectivity index (χ1n) is 18.1. The van der Waals surface area contributed by atoms with Crippen LogP contribution < -0.4 is 0 Å². The van der Waals surface area contributed by atoms with Crippen LogP contribution in [0.15, 0.2) is 180 Å². The van der Waals surface area contributed by atoms with E-state index in [2.05, 4.69) is 217 Å². The highest BCUT2D eigenvalue weighted by Crippen LogP contribution is 2.40. The molecule has 0 spiro atoms. The van der Waals surface area contributed by atoms with Crippen LogP contribution in [-0.2, 0) is 9.59 Å². The molecule has 0 unspecified atom stereocenters. The van der Waals surface area contributed by atoms with E-state index >= 15 is 0 Å². The standard InChI is InChI=1S/C22H14BrN.C22H15N.C4H4BrNO2/c23-20-14-19-17-11-6-7-13-21(17)24(15-8-2-1-3-9-15)22(19)18-12-5-4-10-16(18)20;1-2-9-17(10-3-1)23-21-13-7-6-12-19(21)20-15-14-16-8-4-5-11-18(16)22(20)23;5-6-3(7)1-2-4(6)8/h1-14H;1-15H;1-2H2. The lowest BCUT2D eigenvalue weighted by atomic mass is 10.1. The number of para-hydroxylation sites is 4. The van der Waals surface area contributed by atoms with Crippen molar-refractivity contribution in [2.45, 2.75) is 12.8 Å². The summed E-state index contributed by atoms with van der Waals surface area (Å²) in [7, 11) is 0. The summed E-state index contributed by atoms with van der Waals surface area (Å²) in [5.41, 5.74) is 7.44. The predicted octanol–water partition coefficient (Wildman–Crippen LogP) is 13.1. The molecular formula is C48H33Br2N3O2. The molecule has 1 aliphatic rings. The molecule has 0 bridgehead atoms. The number of aromatic nitrogens is 2. The minimum atomic E-state index is -0.144. The van der Waals surface area contributed by atoms with Crippen molar-refractivity contribution in [3.05, 3.63) is 180 Å². The molecular weight excluding hydrogens is 810 g/mol. The molecule has 55 heavy (non-hydrogen) atoms. The van der Waals surface area contributed by atoms with Crippen molar-refractivity contribution in [3.8, 4) is 11.4 Å². The molecule has 10 aromatic rings. The van der Waals surface area contributed by atoms with Gasteiger partial charge >= 0.3 is 0 Å². The summed E-state index contributed by atoms with van der Waals surface area (Å²) < 4.78 is 6.88. The van der Waals surface area contributed by atoms with Crippen LogP contribution in [0.1, 0.15) is 12.8 Å². The first kappa shape index (κ1) is 34.7. The molecule has 1 saturated heterocycles. The summed E-state index contributed by atoms with van der Waals surface area (Å²) in [5.74, 6) is -0.287. The van der Waals surface area contributed by atoms with Crippen LogP contribution >= 0.6 is 32.1 Å². The van der Waals surface area contributed by atoms with Gasteiger partial charge in [0.1, 0.15) is 0 Å². The zero-order valence-corrected chi connectivity index (χ0v) is 32.7. The van der Waals surface area contributed by atoms with Crippen LogP contribution in [0.5, 0.6) is 0 Å². The summed E-state index contributed by atoms with van der Waals surface area (Å²) in [5, 5.41) is 10.3. The van der Waals surface area contributed by atoms with Crippen LogP contribution in [0.25, 0.3) is 76.5 Å². The van der Waals surface area contributed by atoms with Crippen molar-refractivity contribution in [1.29, 1.82) is 0 Å². The summed E-state index contributed by atoms with van der Waals surface area (Å²) >= 11 is 6.56. The zero-order valence-electron chi connectivity index (χ0n) is 29.6. The van der Waals surface area contributed by atoms with E-state index in [0.29, 0.717) is 12.8 Å². The molecule has 5 nitrogen and oxygen atoms in total. The van der Waals surface area contributed by atoms with E-state index in [0.717, 1.165) is 8.40 Å². The Bertz CT molecular complexity index is 3040. The fourth-order valence-corrected chi connectivity index (χ4v) is 8.68. The maximum Gasteiger partial charge on any atom is 0.239 e. The fraction of sp³-hybridized carbons (Fsp3) is 0.0417. The lowest BCUT2D eigenvalue weighted by Gasteiger charge is -2.10. The molecule has 1 aliphatic heterocycles. The summed E-state index contributed by atoms with van der Waals surface area (Å²) in [6.07, 6.45) is 0.703. The molecule has 11 rings (SSSR count). The van der Waals surface area contributed by atoms with Crippen LogP contribution in [0, 0.1) is 0 Å². The molecule has 0 aliphatic carbocycles. The van der Waals surface area contributed by atoms with E-state index in [1.165, 1.54) is 76.5 Å². The second kappa shape index (κ2) is 14.7. The molecule has 8 aromatic carbocycles. The monoisotopic (exact) mass is 841 g/mol. The number of benzene rings is 8. The van der Waals surface area contributed by atoms with E-state index in [-0.39, 0.29) is 11.8 Å². The number of halogens is 2. The average molecular weight is 844 g/mol. The highest BCUT2D eigenvalue weighted by Gasteiger charge is 2.26. The van der Waals surface area contributed by atoms with Gasteiger partial charge in [-0.15, -0.1) is 0 Å². The third-order valence-electron chi connectivity index (χ3n) is 10.2. The molecule has 0 saturated carbocycles. The average Bonchev–Trinajstić information content (AvgIpc) is 3.87. The minimum absolute atomic E-state index is 0.144. The van der Waals surface area contributed by atoms with Crippen LogP contribution in [0.4, 0.5) is 0 Å². The second-order valence-electron chi connectivity index (χ2n) is 13.4. The van der Waals surface area contributed by atoms with Crippen molar-refractivity contribution in [1.82, 2.24) is 13.1 Å². The number of hydrogen-bond acceptors (Lipinski definition) is 2. The van der Waals surface area contributed by atoms with Gasteiger partial charge in [-0.25, -0.2) is 3.93 Å². The van der Waals surface area contributed by atoms with Crippen LogP contribution in [-0.4, -0.2) is 24.9 Å². The first-order valence-corrected chi connectivity index (χ1v) is 19.6. The number of fused-ring (bicyclic) bond motifs is 10. The van der Waals surface area contributed by atoms with Crippen molar-refractivity contribution in [2.24, 2.45) is 0 Å². The Hall–Kier alpha value is -6.02. The van der Waals surface area contributed by atoms with Gasteiger partial charge in [-0.1, -0.05) is 149 Å². The Balaban J connectivity index is 0.000000121. The third-order valence-corrected chi connectivity index (χ3v) is 11.7. The van der Waals surface area contributed by atoms with Crippen LogP contribution in [0.3, 0.4) is 0 Å². The van der Waals surface area contributed by atoms with Crippen LogP contribution in [0.2, 0.25) is 0 Å². The summed E-state index contributed by atoms with van der Waals surface area (Å²) in [4.78, 5) is 20.9. The number of hydrogen-bond donors (Lipinski definition) is 0. The van der Waals surface area contributed by atoms with E-state index in [4.69, 9.17) is 0 Å². The maximum absolute atomic E-state index is 10.4.